The van der Waals surface area contributed by atoms with Crippen LogP contribution in [0.3, 0.4) is 0 Å². The molecule has 86 valence electrons. The van der Waals surface area contributed by atoms with E-state index < -0.39 is 0 Å². The Hall–Kier alpha value is -0.260. The first-order valence-electron chi connectivity index (χ1n) is 7.12. The topological polar surface area (TPSA) is 0 Å². The molecule has 0 radical (unpaired) electrons. The van der Waals surface area contributed by atoms with Crippen molar-refractivity contribution < 1.29 is 0 Å². The quantitative estimate of drug-likeness (QED) is 0.564. The lowest BCUT2D eigenvalue weighted by molar-refractivity contribution is 0.359. The van der Waals surface area contributed by atoms with E-state index in [0.29, 0.717) is 0 Å². The van der Waals surface area contributed by atoms with Crippen LogP contribution in [0.25, 0.3) is 0 Å². The molecule has 15 heavy (non-hydrogen) atoms. The first-order chi connectivity index (χ1) is 7.45. The minimum absolute atomic E-state index is 0.933. The zero-order chi connectivity index (χ0) is 10.3. The second kappa shape index (κ2) is 6.35. The highest BCUT2D eigenvalue weighted by atomic mass is 14.2. The third kappa shape index (κ3) is 4.01. The molecule has 0 aliphatic heterocycles. The molecule has 2 fully saturated rings. The summed E-state index contributed by atoms with van der Waals surface area (Å²) in [5, 5.41) is 0. The van der Waals surface area contributed by atoms with Gasteiger partial charge in [0.1, 0.15) is 0 Å². The Kier molecular flexibility index (Phi) is 4.76. The van der Waals surface area contributed by atoms with Crippen LogP contribution in [0.4, 0.5) is 0 Å². The average Bonchev–Trinajstić information content (AvgIpc) is 2.32. The van der Waals surface area contributed by atoms with Gasteiger partial charge < -0.3 is 0 Å². The molecule has 0 nitrogen and oxygen atoms in total. The van der Waals surface area contributed by atoms with Crippen molar-refractivity contribution in [3.63, 3.8) is 0 Å². The number of rotatable bonds is 3. The van der Waals surface area contributed by atoms with Crippen molar-refractivity contribution in [1.29, 1.82) is 0 Å². The number of hydrogen-bond donors (Lipinski definition) is 0. The van der Waals surface area contributed by atoms with Gasteiger partial charge in [-0.25, -0.2) is 0 Å². The predicted octanol–water partition coefficient (Wildman–Crippen LogP) is 5.09. The largest absolute Gasteiger partial charge is 0.0880 e. The van der Waals surface area contributed by atoms with Crippen molar-refractivity contribution >= 4 is 0 Å². The molecule has 0 atom stereocenters. The first-order valence-corrected chi connectivity index (χ1v) is 7.12. The molecule has 0 spiro atoms. The molecule has 0 unspecified atom stereocenters. The Balaban J connectivity index is 1.64. The molecule has 0 heterocycles. The maximum atomic E-state index is 2.54. The van der Waals surface area contributed by atoms with E-state index in [9.17, 15) is 0 Å². The third-order valence-electron chi connectivity index (χ3n) is 4.25. The third-order valence-corrected chi connectivity index (χ3v) is 4.25. The van der Waals surface area contributed by atoms with Crippen LogP contribution < -0.4 is 0 Å². The van der Waals surface area contributed by atoms with Crippen LogP contribution in [0, 0.1) is 11.8 Å². The molecule has 0 aromatic heterocycles. The zero-order valence-corrected chi connectivity index (χ0v) is 10.1. The second-order valence-corrected chi connectivity index (χ2v) is 5.57. The van der Waals surface area contributed by atoms with Gasteiger partial charge in [0.25, 0.3) is 0 Å². The van der Waals surface area contributed by atoms with Crippen LogP contribution in [0.5, 0.6) is 0 Å². The standard InChI is InChI=1S/C15H26/c1-3-8-14(9-4-1)12-7-13-15-10-5-2-6-11-15/h7,12,14-15H,1-6,8-11,13H2/b12-7-. The molecule has 0 amide bonds. The van der Waals surface area contributed by atoms with Gasteiger partial charge in [-0.3, -0.25) is 0 Å². The lowest BCUT2D eigenvalue weighted by atomic mass is 9.85. The Labute approximate surface area is 95.1 Å². The molecule has 0 aromatic rings. The highest BCUT2D eigenvalue weighted by molar-refractivity contribution is 4.91. The Morgan fingerprint density at radius 1 is 0.733 bits per heavy atom. The van der Waals surface area contributed by atoms with E-state index in [2.05, 4.69) is 12.2 Å². The molecule has 2 aliphatic carbocycles. The molecule has 2 aliphatic rings. The molecular weight excluding hydrogens is 180 g/mol. The van der Waals surface area contributed by atoms with Gasteiger partial charge in [0.05, 0.1) is 0 Å². The van der Waals surface area contributed by atoms with Crippen molar-refractivity contribution in [1.82, 2.24) is 0 Å². The summed E-state index contributed by atoms with van der Waals surface area (Å²) in [5.41, 5.74) is 0. The van der Waals surface area contributed by atoms with E-state index in [-0.39, 0.29) is 0 Å². The zero-order valence-electron chi connectivity index (χ0n) is 10.1. The van der Waals surface area contributed by atoms with E-state index in [1.54, 1.807) is 0 Å². The SMILES string of the molecule is C(=C/C1CCCCC1)/CC1CCCCC1. The van der Waals surface area contributed by atoms with Crippen molar-refractivity contribution in [2.24, 2.45) is 11.8 Å². The minimum atomic E-state index is 0.933. The minimum Gasteiger partial charge on any atom is -0.0880 e. The summed E-state index contributed by atoms with van der Waals surface area (Å²) in [6, 6.07) is 0. The molecule has 0 bridgehead atoms. The molecule has 0 aromatic carbocycles. The fourth-order valence-corrected chi connectivity index (χ4v) is 3.21. The van der Waals surface area contributed by atoms with Gasteiger partial charge in [-0.15, -0.1) is 0 Å². The normalized spacial score (nSPS) is 26.1. The Morgan fingerprint density at radius 2 is 1.33 bits per heavy atom. The van der Waals surface area contributed by atoms with Crippen LogP contribution in [-0.2, 0) is 0 Å². The van der Waals surface area contributed by atoms with Gasteiger partial charge in [0, 0.05) is 0 Å². The molecule has 0 saturated heterocycles. The molecule has 2 rings (SSSR count). The van der Waals surface area contributed by atoms with Gasteiger partial charge in [-0.1, -0.05) is 63.5 Å². The van der Waals surface area contributed by atoms with Crippen LogP contribution in [0.2, 0.25) is 0 Å². The monoisotopic (exact) mass is 206 g/mol. The van der Waals surface area contributed by atoms with Gasteiger partial charge in [0.15, 0.2) is 0 Å². The van der Waals surface area contributed by atoms with Crippen molar-refractivity contribution in [3.05, 3.63) is 12.2 Å². The summed E-state index contributed by atoms with van der Waals surface area (Å²) in [5.74, 6) is 1.96. The lowest BCUT2D eigenvalue weighted by Crippen LogP contribution is -2.06. The van der Waals surface area contributed by atoms with Gasteiger partial charge >= 0.3 is 0 Å². The molecular formula is C15H26. The van der Waals surface area contributed by atoms with Gasteiger partial charge in [-0.2, -0.15) is 0 Å². The predicted molar refractivity (Wildman–Crippen MR) is 66.9 cm³/mol. The number of allylic oxidation sites excluding steroid dienone is 2. The summed E-state index contributed by atoms with van der Waals surface area (Å²) in [7, 11) is 0. The molecule has 0 heteroatoms. The fraction of sp³-hybridized carbons (Fsp3) is 0.867. The maximum Gasteiger partial charge on any atom is -0.0234 e. The van der Waals surface area contributed by atoms with Crippen molar-refractivity contribution in [3.8, 4) is 0 Å². The van der Waals surface area contributed by atoms with E-state index in [1.807, 2.05) is 0 Å². The fourth-order valence-electron chi connectivity index (χ4n) is 3.21. The highest BCUT2D eigenvalue weighted by Crippen LogP contribution is 2.28. The summed E-state index contributed by atoms with van der Waals surface area (Å²) in [4.78, 5) is 0. The van der Waals surface area contributed by atoms with Gasteiger partial charge in [0.2, 0.25) is 0 Å². The molecule has 2 saturated carbocycles. The maximum absolute atomic E-state index is 2.54. The second-order valence-electron chi connectivity index (χ2n) is 5.57. The number of hydrogen-bond acceptors (Lipinski definition) is 0. The van der Waals surface area contributed by atoms with Gasteiger partial charge in [-0.05, 0) is 31.1 Å². The van der Waals surface area contributed by atoms with E-state index >= 15 is 0 Å². The van der Waals surface area contributed by atoms with Crippen LogP contribution in [0.1, 0.15) is 70.6 Å². The summed E-state index contributed by atoms with van der Waals surface area (Å²) in [6.45, 7) is 0. The van der Waals surface area contributed by atoms with E-state index in [0.717, 1.165) is 11.8 Å². The lowest BCUT2D eigenvalue weighted by Gasteiger charge is -2.21. The summed E-state index contributed by atoms with van der Waals surface area (Å²) in [6.07, 6.45) is 21.2. The van der Waals surface area contributed by atoms with Crippen LogP contribution >= 0.6 is 0 Å². The Bertz CT molecular complexity index is 180. The summed E-state index contributed by atoms with van der Waals surface area (Å²) < 4.78 is 0. The van der Waals surface area contributed by atoms with Crippen molar-refractivity contribution in [2.45, 2.75) is 70.6 Å². The first kappa shape index (κ1) is 11.2. The van der Waals surface area contributed by atoms with E-state index in [1.165, 1.54) is 70.6 Å². The van der Waals surface area contributed by atoms with Crippen LogP contribution in [0.15, 0.2) is 12.2 Å². The highest BCUT2D eigenvalue weighted by Gasteiger charge is 2.12. The smallest absolute Gasteiger partial charge is 0.0234 e. The van der Waals surface area contributed by atoms with Crippen molar-refractivity contribution in [2.75, 3.05) is 0 Å². The summed E-state index contributed by atoms with van der Waals surface area (Å²) >= 11 is 0. The average molecular weight is 206 g/mol. The molecule has 0 N–H and O–H groups in total. The van der Waals surface area contributed by atoms with Crippen LogP contribution in [-0.4, -0.2) is 0 Å². The Morgan fingerprint density at radius 3 is 2.00 bits per heavy atom. The van der Waals surface area contributed by atoms with E-state index in [4.69, 9.17) is 0 Å².